The minimum Gasteiger partial charge on any atom is -0.378 e. The van der Waals surface area contributed by atoms with Crippen LogP contribution in [0.5, 0.6) is 0 Å². The fourth-order valence-electron chi connectivity index (χ4n) is 1.70. The average Bonchev–Trinajstić information content (AvgIpc) is 2.68. The van der Waals surface area contributed by atoms with Crippen LogP contribution in [0, 0.1) is 0 Å². The summed E-state index contributed by atoms with van der Waals surface area (Å²) in [7, 11) is 1.70. The molecule has 1 aromatic rings. The van der Waals surface area contributed by atoms with Crippen LogP contribution in [0.3, 0.4) is 0 Å². The Bertz CT molecular complexity index is 306. The van der Waals surface area contributed by atoms with Crippen molar-refractivity contribution in [3.8, 4) is 0 Å². The first-order valence-corrected chi connectivity index (χ1v) is 4.89. The van der Waals surface area contributed by atoms with Gasteiger partial charge >= 0.3 is 0 Å². The van der Waals surface area contributed by atoms with Gasteiger partial charge in [0.15, 0.2) is 0 Å². The summed E-state index contributed by atoms with van der Waals surface area (Å²) in [6.45, 7) is 1.32. The Hall–Kier alpha value is -0.640. The standard InChI is InChI=1S/C10H12ClNO2/c1-13-10(4-5-14-7-10)8-2-3-9(11)12-6-8/h2-3,6H,4-5,7H2,1H3. The third kappa shape index (κ3) is 1.63. The molecule has 1 aromatic heterocycles. The molecule has 0 N–H and O–H groups in total. The second-order valence-corrected chi connectivity index (χ2v) is 3.76. The maximum absolute atomic E-state index is 5.72. The molecule has 0 aromatic carbocycles. The molecular formula is C10H12ClNO2. The van der Waals surface area contributed by atoms with E-state index in [0.29, 0.717) is 11.8 Å². The van der Waals surface area contributed by atoms with E-state index in [-0.39, 0.29) is 5.60 Å². The SMILES string of the molecule is COC1(c2ccc(Cl)nc2)CCOC1. The normalized spacial score (nSPS) is 26.7. The molecule has 2 heterocycles. The molecule has 3 nitrogen and oxygen atoms in total. The molecule has 4 heteroatoms. The minimum atomic E-state index is -0.322. The maximum atomic E-state index is 5.72. The van der Waals surface area contributed by atoms with E-state index >= 15 is 0 Å². The van der Waals surface area contributed by atoms with E-state index in [1.54, 1.807) is 19.4 Å². The van der Waals surface area contributed by atoms with Gasteiger partial charge in [0.05, 0.1) is 6.61 Å². The zero-order valence-corrected chi connectivity index (χ0v) is 8.75. The Morgan fingerprint density at radius 3 is 2.93 bits per heavy atom. The van der Waals surface area contributed by atoms with E-state index in [1.807, 2.05) is 6.07 Å². The molecule has 1 atom stereocenters. The predicted molar refractivity (Wildman–Crippen MR) is 53.4 cm³/mol. The largest absolute Gasteiger partial charge is 0.378 e. The topological polar surface area (TPSA) is 31.4 Å². The Labute approximate surface area is 88.0 Å². The molecule has 1 fully saturated rings. The number of hydrogen-bond acceptors (Lipinski definition) is 3. The zero-order chi connectivity index (χ0) is 10.0. The first kappa shape index (κ1) is 9.90. The van der Waals surface area contributed by atoms with Crippen LogP contribution in [-0.4, -0.2) is 25.3 Å². The van der Waals surface area contributed by atoms with Crippen LogP contribution in [0.1, 0.15) is 12.0 Å². The van der Waals surface area contributed by atoms with Crippen molar-refractivity contribution < 1.29 is 9.47 Å². The van der Waals surface area contributed by atoms with Crippen molar-refractivity contribution in [1.29, 1.82) is 0 Å². The summed E-state index contributed by atoms with van der Waals surface area (Å²) in [5.41, 5.74) is 0.708. The minimum absolute atomic E-state index is 0.322. The highest BCUT2D eigenvalue weighted by Gasteiger charge is 2.36. The molecule has 1 aliphatic heterocycles. The summed E-state index contributed by atoms with van der Waals surface area (Å²) in [4.78, 5) is 4.05. The Morgan fingerprint density at radius 1 is 1.57 bits per heavy atom. The Morgan fingerprint density at radius 2 is 2.43 bits per heavy atom. The number of halogens is 1. The Kier molecular flexibility index (Phi) is 2.72. The van der Waals surface area contributed by atoms with E-state index in [2.05, 4.69) is 4.98 Å². The summed E-state index contributed by atoms with van der Waals surface area (Å²) in [5, 5.41) is 0.499. The van der Waals surface area contributed by atoms with Crippen molar-refractivity contribution in [2.45, 2.75) is 12.0 Å². The van der Waals surface area contributed by atoms with Gasteiger partial charge in [0, 0.05) is 31.9 Å². The lowest BCUT2D eigenvalue weighted by atomic mass is 9.94. The van der Waals surface area contributed by atoms with Crippen molar-refractivity contribution in [3.63, 3.8) is 0 Å². The molecular weight excluding hydrogens is 202 g/mol. The van der Waals surface area contributed by atoms with E-state index < -0.39 is 0 Å². The van der Waals surface area contributed by atoms with Gasteiger partial charge in [-0.05, 0) is 6.07 Å². The van der Waals surface area contributed by atoms with Crippen molar-refractivity contribution >= 4 is 11.6 Å². The number of nitrogens with zero attached hydrogens (tertiary/aromatic N) is 1. The highest BCUT2D eigenvalue weighted by molar-refractivity contribution is 6.29. The summed E-state index contributed by atoms with van der Waals surface area (Å²) in [6.07, 6.45) is 2.62. The first-order valence-electron chi connectivity index (χ1n) is 4.52. The van der Waals surface area contributed by atoms with Gasteiger partial charge in [-0.1, -0.05) is 17.7 Å². The van der Waals surface area contributed by atoms with Crippen LogP contribution in [0.2, 0.25) is 5.15 Å². The smallest absolute Gasteiger partial charge is 0.129 e. The van der Waals surface area contributed by atoms with Gasteiger partial charge in [0.2, 0.25) is 0 Å². The number of methoxy groups -OCH3 is 1. The fraction of sp³-hybridized carbons (Fsp3) is 0.500. The van der Waals surface area contributed by atoms with Crippen LogP contribution in [0.15, 0.2) is 18.3 Å². The van der Waals surface area contributed by atoms with Crippen molar-refractivity contribution in [2.75, 3.05) is 20.3 Å². The van der Waals surface area contributed by atoms with E-state index in [9.17, 15) is 0 Å². The van der Waals surface area contributed by atoms with Crippen molar-refractivity contribution in [1.82, 2.24) is 4.98 Å². The van der Waals surface area contributed by atoms with E-state index in [4.69, 9.17) is 21.1 Å². The van der Waals surface area contributed by atoms with Gasteiger partial charge in [0.1, 0.15) is 10.8 Å². The zero-order valence-electron chi connectivity index (χ0n) is 8.00. The number of rotatable bonds is 2. The van der Waals surface area contributed by atoms with Crippen LogP contribution in [-0.2, 0) is 15.1 Å². The summed E-state index contributed by atoms with van der Waals surface area (Å²) in [5.74, 6) is 0. The van der Waals surface area contributed by atoms with Crippen LogP contribution >= 0.6 is 11.6 Å². The summed E-state index contributed by atoms with van der Waals surface area (Å²) < 4.78 is 10.9. The van der Waals surface area contributed by atoms with Crippen LogP contribution < -0.4 is 0 Å². The Balaban J connectivity index is 2.31. The van der Waals surface area contributed by atoms with Gasteiger partial charge in [-0.2, -0.15) is 0 Å². The number of ether oxygens (including phenoxy) is 2. The molecule has 0 bridgehead atoms. The predicted octanol–water partition coefficient (Wildman–Crippen LogP) is 2.00. The first-order chi connectivity index (χ1) is 6.77. The second kappa shape index (κ2) is 3.85. The monoisotopic (exact) mass is 213 g/mol. The quantitative estimate of drug-likeness (QED) is 0.705. The van der Waals surface area contributed by atoms with E-state index in [0.717, 1.165) is 18.6 Å². The van der Waals surface area contributed by atoms with Crippen molar-refractivity contribution in [3.05, 3.63) is 29.0 Å². The molecule has 0 aliphatic carbocycles. The van der Waals surface area contributed by atoms with Gasteiger partial charge in [-0.25, -0.2) is 4.98 Å². The van der Waals surface area contributed by atoms with Crippen molar-refractivity contribution in [2.24, 2.45) is 0 Å². The third-order valence-electron chi connectivity index (χ3n) is 2.63. The van der Waals surface area contributed by atoms with Gasteiger partial charge in [0.25, 0.3) is 0 Å². The highest BCUT2D eigenvalue weighted by Crippen LogP contribution is 2.33. The second-order valence-electron chi connectivity index (χ2n) is 3.37. The van der Waals surface area contributed by atoms with Gasteiger partial charge < -0.3 is 9.47 Å². The molecule has 1 unspecified atom stereocenters. The molecule has 0 spiro atoms. The molecule has 0 saturated carbocycles. The molecule has 0 amide bonds. The maximum Gasteiger partial charge on any atom is 0.129 e. The molecule has 14 heavy (non-hydrogen) atoms. The van der Waals surface area contributed by atoms with Gasteiger partial charge in [-0.3, -0.25) is 0 Å². The number of hydrogen-bond donors (Lipinski definition) is 0. The van der Waals surface area contributed by atoms with Gasteiger partial charge in [-0.15, -0.1) is 0 Å². The summed E-state index contributed by atoms with van der Waals surface area (Å²) >= 11 is 5.72. The molecule has 76 valence electrons. The average molecular weight is 214 g/mol. The molecule has 1 saturated heterocycles. The molecule has 2 rings (SSSR count). The number of pyridine rings is 1. The van der Waals surface area contributed by atoms with Crippen LogP contribution in [0.4, 0.5) is 0 Å². The third-order valence-corrected chi connectivity index (χ3v) is 2.85. The summed E-state index contributed by atoms with van der Waals surface area (Å²) in [6, 6.07) is 3.71. The lowest BCUT2D eigenvalue weighted by Gasteiger charge is -2.25. The fourth-order valence-corrected chi connectivity index (χ4v) is 1.81. The number of aromatic nitrogens is 1. The highest BCUT2D eigenvalue weighted by atomic mass is 35.5. The molecule has 0 radical (unpaired) electrons. The van der Waals surface area contributed by atoms with Crippen LogP contribution in [0.25, 0.3) is 0 Å². The lowest BCUT2D eigenvalue weighted by Crippen LogP contribution is -2.28. The van der Waals surface area contributed by atoms with E-state index in [1.165, 1.54) is 0 Å². The lowest BCUT2D eigenvalue weighted by molar-refractivity contribution is -0.0215. The molecule has 1 aliphatic rings.